The molecule has 0 bridgehead atoms. The molecule has 1 aromatic carbocycles. The molecule has 158 valence electrons. The predicted molar refractivity (Wildman–Crippen MR) is 121 cm³/mol. The van der Waals surface area contributed by atoms with E-state index in [1.165, 1.54) is 35.7 Å². The van der Waals surface area contributed by atoms with Gasteiger partial charge in [0, 0.05) is 11.4 Å². The molecule has 0 fully saturated rings. The van der Waals surface area contributed by atoms with Gasteiger partial charge < -0.3 is 9.47 Å². The number of hydrogen-bond donors (Lipinski definition) is 0. The molecule has 0 saturated heterocycles. The maximum absolute atomic E-state index is 13.2. The molecule has 0 unspecified atom stereocenters. The lowest BCUT2D eigenvalue weighted by Gasteiger charge is -2.12. The first-order valence-electron chi connectivity index (χ1n) is 10.0. The van der Waals surface area contributed by atoms with Crippen molar-refractivity contribution < 1.29 is 14.3 Å². The SMILES string of the molecule is CCn1c(SCC(=O)c2cc(OC)ccc2OC)nc2sc3c(c2c1=O)CCCC3. The van der Waals surface area contributed by atoms with Crippen molar-refractivity contribution in [1.82, 2.24) is 9.55 Å². The van der Waals surface area contributed by atoms with E-state index in [2.05, 4.69) is 0 Å². The van der Waals surface area contributed by atoms with E-state index < -0.39 is 0 Å². The van der Waals surface area contributed by atoms with Crippen molar-refractivity contribution in [2.75, 3.05) is 20.0 Å². The number of Topliss-reactive ketones (excluding diaryl/α,β-unsaturated/α-hetero) is 1. The molecule has 0 N–H and O–H groups in total. The van der Waals surface area contributed by atoms with E-state index in [9.17, 15) is 9.59 Å². The van der Waals surface area contributed by atoms with Crippen molar-refractivity contribution >= 4 is 39.1 Å². The standard InChI is InChI=1S/C22H24N2O4S2/c1-4-24-21(26)19-14-7-5-6-8-18(14)30-20(19)23-22(24)29-12-16(25)15-11-13(27-2)9-10-17(15)28-3/h9-11H,4-8,12H2,1-3H3. The first-order chi connectivity index (χ1) is 14.6. The summed E-state index contributed by atoms with van der Waals surface area (Å²) in [6.07, 6.45) is 4.27. The Hall–Kier alpha value is -2.32. The fourth-order valence-electron chi connectivity index (χ4n) is 3.85. The summed E-state index contributed by atoms with van der Waals surface area (Å²) >= 11 is 2.92. The summed E-state index contributed by atoms with van der Waals surface area (Å²) in [5.41, 5.74) is 1.66. The van der Waals surface area contributed by atoms with Crippen LogP contribution in [-0.2, 0) is 19.4 Å². The Kier molecular flexibility index (Phi) is 6.15. The maximum atomic E-state index is 13.2. The Bertz CT molecular complexity index is 1170. The minimum absolute atomic E-state index is 0.0100. The van der Waals surface area contributed by atoms with Crippen molar-refractivity contribution in [1.29, 1.82) is 0 Å². The molecule has 1 aliphatic rings. The number of fused-ring (bicyclic) bond motifs is 3. The molecular weight excluding hydrogens is 420 g/mol. The van der Waals surface area contributed by atoms with Gasteiger partial charge in [-0.15, -0.1) is 11.3 Å². The lowest BCUT2D eigenvalue weighted by molar-refractivity contribution is 0.101. The third kappa shape index (κ3) is 3.74. The van der Waals surface area contributed by atoms with Crippen molar-refractivity contribution in [3.05, 3.63) is 44.6 Å². The second kappa shape index (κ2) is 8.81. The average molecular weight is 445 g/mol. The van der Waals surface area contributed by atoms with Crippen LogP contribution >= 0.6 is 23.1 Å². The Balaban J connectivity index is 1.66. The van der Waals surface area contributed by atoms with E-state index in [0.717, 1.165) is 29.5 Å². The summed E-state index contributed by atoms with van der Waals surface area (Å²) in [5.74, 6) is 1.16. The molecule has 1 aliphatic carbocycles. The van der Waals surface area contributed by atoms with Gasteiger partial charge in [0.2, 0.25) is 0 Å². The fraction of sp³-hybridized carbons (Fsp3) is 0.409. The number of ether oxygens (including phenoxy) is 2. The molecule has 3 aromatic rings. The number of aromatic nitrogens is 2. The minimum atomic E-state index is -0.0989. The zero-order valence-electron chi connectivity index (χ0n) is 17.3. The molecule has 0 atom stereocenters. The van der Waals surface area contributed by atoms with Crippen LogP contribution in [0, 0.1) is 0 Å². The Morgan fingerprint density at radius 1 is 1.23 bits per heavy atom. The van der Waals surface area contributed by atoms with E-state index in [1.807, 2.05) is 6.92 Å². The summed E-state index contributed by atoms with van der Waals surface area (Å²) in [6.45, 7) is 2.45. The summed E-state index contributed by atoms with van der Waals surface area (Å²) in [4.78, 5) is 33.0. The summed E-state index contributed by atoms with van der Waals surface area (Å²) in [5, 5.41) is 1.37. The first-order valence-corrected chi connectivity index (χ1v) is 11.8. The lowest BCUT2D eigenvalue weighted by Crippen LogP contribution is -2.23. The smallest absolute Gasteiger partial charge is 0.263 e. The van der Waals surface area contributed by atoms with Crippen LogP contribution in [0.25, 0.3) is 10.2 Å². The quantitative estimate of drug-likeness (QED) is 0.307. The van der Waals surface area contributed by atoms with Crippen LogP contribution in [0.15, 0.2) is 28.2 Å². The molecule has 0 saturated carbocycles. The third-order valence-electron chi connectivity index (χ3n) is 5.40. The zero-order valence-corrected chi connectivity index (χ0v) is 19.0. The number of nitrogens with zero attached hydrogens (tertiary/aromatic N) is 2. The molecule has 0 spiro atoms. The highest BCUT2D eigenvalue weighted by Gasteiger charge is 2.22. The fourth-order valence-corrected chi connectivity index (χ4v) is 6.10. The van der Waals surface area contributed by atoms with Gasteiger partial charge in [0.15, 0.2) is 10.9 Å². The molecule has 0 amide bonds. The van der Waals surface area contributed by atoms with Crippen LogP contribution in [0.2, 0.25) is 0 Å². The number of aryl methyl sites for hydroxylation is 2. The van der Waals surface area contributed by atoms with Gasteiger partial charge in [0.05, 0.1) is 30.9 Å². The highest BCUT2D eigenvalue weighted by atomic mass is 32.2. The number of carbonyl (C=O) groups is 1. The largest absolute Gasteiger partial charge is 0.497 e. The van der Waals surface area contributed by atoms with E-state index in [0.29, 0.717) is 28.8 Å². The number of thiophene rings is 1. The second-order valence-corrected chi connectivity index (χ2v) is 9.14. The van der Waals surface area contributed by atoms with Gasteiger partial charge >= 0.3 is 0 Å². The predicted octanol–water partition coefficient (Wildman–Crippen LogP) is 4.35. The van der Waals surface area contributed by atoms with E-state index in [4.69, 9.17) is 14.5 Å². The van der Waals surface area contributed by atoms with Crippen LogP contribution in [0.5, 0.6) is 11.5 Å². The topological polar surface area (TPSA) is 70.4 Å². The molecule has 4 rings (SSSR count). The number of benzene rings is 1. The molecule has 2 heterocycles. The maximum Gasteiger partial charge on any atom is 0.263 e. The molecule has 0 radical (unpaired) electrons. The number of thioether (sulfide) groups is 1. The van der Waals surface area contributed by atoms with Crippen LogP contribution in [-0.4, -0.2) is 35.3 Å². The highest BCUT2D eigenvalue weighted by Crippen LogP contribution is 2.35. The number of carbonyl (C=O) groups excluding carboxylic acids is 1. The summed E-state index contributed by atoms with van der Waals surface area (Å²) in [7, 11) is 3.10. The summed E-state index contributed by atoms with van der Waals surface area (Å²) < 4.78 is 12.3. The molecular formula is C22H24N2O4S2. The van der Waals surface area contributed by atoms with Gasteiger partial charge in [-0.25, -0.2) is 4.98 Å². The monoisotopic (exact) mass is 444 g/mol. The van der Waals surface area contributed by atoms with Crippen LogP contribution in [0.1, 0.15) is 40.6 Å². The molecule has 0 aliphatic heterocycles. The normalized spacial score (nSPS) is 13.3. The van der Waals surface area contributed by atoms with Crippen molar-refractivity contribution in [2.45, 2.75) is 44.3 Å². The van der Waals surface area contributed by atoms with Gasteiger partial charge in [-0.3, -0.25) is 14.2 Å². The Labute approximate surface area is 183 Å². The van der Waals surface area contributed by atoms with Gasteiger partial charge in [-0.1, -0.05) is 11.8 Å². The van der Waals surface area contributed by atoms with Crippen molar-refractivity contribution in [3.8, 4) is 11.5 Å². The van der Waals surface area contributed by atoms with Crippen LogP contribution in [0.4, 0.5) is 0 Å². The number of hydrogen-bond acceptors (Lipinski definition) is 7. The second-order valence-electron chi connectivity index (χ2n) is 7.11. The number of rotatable bonds is 7. The molecule has 8 heteroatoms. The van der Waals surface area contributed by atoms with Gasteiger partial charge in [-0.2, -0.15) is 0 Å². The molecule has 30 heavy (non-hydrogen) atoms. The van der Waals surface area contributed by atoms with Crippen molar-refractivity contribution in [3.63, 3.8) is 0 Å². The Morgan fingerprint density at radius 2 is 2.03 bits per heavy atom. The van der Waals surface area contributed by atoms with Gasteiger partial charge in [0.1, 0.15) is 16.3 Å². The minimum Gasteiger partial charge on any atom is -0.497 e. The molecule has 2 aromatic heterocycles. The lowest BCUT2D eigenvalue weighted by atomic mass is 9.97. The first kappa shape index (κ1) is 20.9. The number of methoxy groups -OCH3 is 2. The summed E-state index contributed by atoms with van der Waals surface area (Å²) in [6, 6.07) is 5.16. The van der Waals surface area contributed by atoms with Crippen LogP contribution < -0.4 is 15.0 Å². The van der Waals surface area contributed by atoms with Gasteiger partial charge in [0.25, 0.3) is 5.56 Å². The molecule has 6 nitrogen and oxygen atoms in total. The zero-order chi connectivity index (χ0) is 21.3. The highest BCUT2D eigenvalue weighted by molar-refractivity contribution is 7.99. The Morgan fingerprint density at radius 3 is 2.77 bits per heavy atom. The van der Waals surface area contributed by atoms with E-state index in [-0.39, 0.29) is 17.1 Å². The third-order valence-corrected chi connectivity index (χ3v) is 7.56. The number of ketones is 1. The average Bonchev–Trinajstić information content (AvgIpc) is 3.15. The van der Waals surface area contributed by atoms with Gasteiger partial charge in [-0.05, 0) is 56.4 Å². The van der Waals surface area contributed by atoms with E-state index in [1.54, 1.807) is 41.2 Å². The van der Waals surface area contributed by atoms with Crippen LogP contribution in [0.3, 0.4) is 0 Å². The van der Waals surface area contributed by atoms with E-state index >= 15 is 0 Å². The van der Waals surface area contributed by atoms with Crippen molar-refractivity contribution in [2.24, 2.45) is 0 Å².